The lowest BCUT2D eigenvalue weighted by Gasteiger charge is -2.06. The molecule has 1 N–H and O–H groups in total. The van der Waals surface area contributed by atoms with Gasteiger partial charge in [-0.2, -0.15) is 0 Å². The van der Waals surface area contributed by atoms with Crippen molar-refractivity contribution in [2.75, 3.05) is 11.9 Å². The maximum absolute atomic E-state index is 11.7. The summed E-state index contributed by atoms with van der Waals surface area (Å²) in [7, 11) is 0. The Morgan fingerprint density at radius 3 is 2.45 bits per heavy atom. The molecule has 2 rings (SSSR count). The molecule has 0 unspecified atom stereocenters. The predicted molar refractivity (Wildman–Crippen MR) is 94.2 cm³/mol. The van der Waals surface area contributed by atoms with Gasteiger partial charge in [0.25, 0.3) is 5.91 Å². The van der Waals surface area contributed by atoms with Gasteiger partial charge in [0.2, 0.25) is 0 Å². The number of carbonyl (C=O) groups excluding carboxylic acids is 2. The Balaban J connectivity index is 1.80. The van der Waals surface area contributed by atoms with Crippen LogP contribution in [0.15, 0.2) is 60.7 Å². The Morgan fingerprint density at radius 1 is 1.05 bits per heavy atom. The van der Waals surface area contributed by atoms with Crippen molar-refractivity contribution < 1.29 is 14.3 Å². The highest BCUT2D eigenvalue weighted by Crippen LogP contribution is 2.16. The molecule has 4 nitrogen and oxygen atoms in total. The van der Waals surface area contributed by atoms with Gasteiger partial charge in [-0.15, -0.1) is 0 Å². The van der Waals surface area contributed by atoms with Gasteiger partial charge >= 0.3 is 5.97 Å². The summed E-state index contributed by atoms with van der Waals surface area (Å²) >= 11 is 2.12. The number of nitrogens with one attached hydrogen (secondary N) is 1. The molecule has 0 bridgehead atoms. The second-order valence-corrected chi connectivity index (χ2v) is 5.54. The van der Waals surface area contributed by atoms with Crippen LogP contribution < -0.4 is 5.32 Å². The van der Waals surface area contributed by atoms with Crippen LogP contribution in [0.3, 0.4) is 0 Å². The molecule has 0 saturated carbocycles. The number of benzene rings is 2. The topological polar surface area (TPSA) is 55.4 Å². The van der Waals surface area contributed by atoms with E-state index in [9.17, 15) is 9.59 Å². The van der Waals surface area contributed by atoms with Crippen LogP contribution in [0, 0.1) is 3.57 Å². The summed E-state index contributed by atoms with van der Waals surface area (Å²) < 4.78 is 5.82. The molecule has 1 amide bonds. The van der Waals surface area contributed by atoms with Crippen LogP contribution in [-0.4, -0.2) is 18.5 Å². The monoisotopic (exact) mass is 407 g/mol. The van der Waals surface area contributed by atoms with E-state index in [1.165, 1.54) is 6.08 Å². The van der Waals surface area contributed by atoms with E-state index < -0.39 is 5.97 Å². The molecule has 0 spiro atoms. The van der Waals surface area contributed by atoms with Crippen LogP contribution in [0.1, 0.15) is 5.56 Å². The zero-order chi connectivity index (χ0) is 15.8. The van der Waals surface area contributed by atoms with Gasteiger partial charge in [-0.3, -0.25) is 4.79 Å². The first-order chi connectivity index (χ1) is 10.6. The Hall–Kier alpha value is -2.15. The summed E-state index contributed by atoms with van der Waals surface area (Å²) in [6.07, 6.45) is 2.94. The zero-order valence-electron chi connectivity index (χ0n) is 11.7. The van der Waals surface area contributed by atoms with E-state index >= 15 is 0 Å². The third kappa shape index (κ3) is 5.33. The Kier molecular flexibility index (Phi) is 6.14. The minimum Gasteiger partial charge on any atom is -0.452 e. The molecular weight excluding hydrogens is 393 g/mol. The molecule has 0 aliphatic heterocycles. The number of rotatable bonds is 5. The summed E-state index contributed by atoms with van der Waals surface area (Å²) in [6, 6.07) is 16.8. The molecule has 0 heterocycles. The molecule has 0 aliphatic carbocycles. The second kappa shape index (κ2) is 8.33. The van der Waals surface area contributed by atoms with Crippen LogP contribution in [0.5, 0.6) is 0 Å². The fraction of sp³-hybridized carbons (Fsp3) is 0.0588. The van der Waals surface area contributed by atoms with E-state index in [4.69, 9.17) is 4.74 Å². The third-order valence-electron chi connectivity index (χ3n) is 2.70. The van der Waals surface area contributed by atoms with Gasteiger partial charge in [0.1, 0.15) is 0 Å². The molecule has 0 fully saturated rings. The summed E-state index contributed by atoms with van der Waals surface area (Å²) in [5.74, 6) is -0.924. The lowest BCUT2D eigenvalue weighted by atomic mass is 10.2. The highest BCUT2D eigenvalue weighted by Gasteiger charge is 2.07. The van der Waals surface area contributed by atoms with Crippen molar-refractivity contribution in [2.45, 2.75) is 0 Å². The summed E-state index contributed by atoms with van der Waals surface area (Å²) in [5, 5.41) is 2.69. The van der Waals surface area contributed by atoms with Gasteiger partial charge < -0.3 is 10.1 Å². The smallest absolute Gasteiger partial charge is 0.331 e. The quantitative estimate of drug-likeness (QED) is 0.469. The van der Waals surface area contributed by atoms with E-state index in [1.54, 1.807) is 12.1 Å². The molecule has 112 valence electrons. The number of carbonyl (C=O) groups is 2. The minimum absolute atomic E-state index is 0.317. The Morgan fingerprint density at radius 2 is 1.73 bits per heavy atom. The summed E-state index contributed by atoms with van der Waals surface area (Å²) in [4.78, 5) is 23.3. The van der Waals surface area contributed by atoms with Crippen LogP contribution in [-0.2, 0) is 14.3 Å². The van der Waals surface area contributed by atoms with Gasteiger partial charge in [-0.05, 0) is 46.4 Å². The van der Waals surface area contributed by atoms with E-state index in [2.05, 4.69) is 27.9 Å². The molecule has 0 radical (unpaired) electrons. The number of ether oxygens (including phenoxy) is 1. The lowest BCUT2D eigenvalue weighted by Crippen LogP contribution is -2.20. The van der Waals surface area contributed by atoms with Crippen LogP contribution >= 0.6 is 22.6 Å². The fourth-order valence-corrected chi connectivity index (χ4v) is 2.18. The first kappa shape index (κ1) is 16.2. The van der Waals surface area contributed by atoms with E-state index in [0.29, 0.717) is 5.69 Å². The number of para-hydroxylation sites is 1. The second-order valence-electron chi connectivity index (χ2n) is 4.38. The first-order valence-corrected chi connectivity index (χ1v) is 7.67. The first-order valence-electron chi connectivity index (χ1n) is 6.59. The third-order valence-corrected chi connectivity index (χ3v) is 3.65. The SMILES string of the molecule is O=C(COC(=O)/C=C/c1ccccc1)Nc1ccccc1I. The molecular formula is C17H14INO3. The van der Waals surface area contributed by atoms with E-state index in [1.807, 2.05) is 48.5 Å². The number of esters is 1. The molecule has 0 saturated heterocycles. The molecule has 0 atom stereocenters. The predicted octanol–water partition coefficient (Wildman–Crippen LogP) is 3.49. The van der Waals surface area contributed by atoms with E-state index in [0.717, 1.165) is 9.13 Å². The normalized spacial score (nSPS) is 10.4. The van der Waals surface area contributed by atoms with Crippen molar-refractivity contribution in [1.82, 2.24) is 0 Å². The lowest BCUT2D eigenvalue weighted by molar-refractivity contribution is -0.142. The average Bonchev–Trinajstić information content (AvgIpc) is 2.54. The van der Waals surface area contributed by atoms with Gasteiger partial charge in [0.15, 0.2) is 6.61 Å². The van der Waals surface area contributed by atoms with Crippen molar-refractivity contribution in [3.8, 4) is 0 Å². The largest absolute Gasteiger partial charge is 0.452 e. The van der Waals surface area contributed by atoms with Crippen molar-refractivity contribution >= 4 is 46.2 Å². The maximum Gasteiger partial charge on any atom is 0.331 e. The van der Waals surface area contributed by atoms with Crippen molar-refractivity contribution in [1.29, 1.82) is 0 Å². The number of halogens is 1. The average molecular weight is 407 g/mol. The van der Waals surface area contributed by atoms with Gasteiger partial charge in [-0.25, -0.2) is 4.79 Å². The molecule has 2 aromatic rings. The minimum atomic E-state index is -0.554. The van der Waals surface area contributed by atoms with Gasteiger partial charge in [0.05, 0.1) is 5.69 Å². The molecule has 22 heavy (non-hydrogen) atoms. The highest BCUT2D eigenvalue weighted by atomic mass is 127. The van der Waals surface area contributed by atoms with Crippen LogP contribution in [0.4, 0.5) is 5.69 Å². The van der Waals surface area contributed by atoms with E-state index in [-0.39, 0.29) is 12.5 Å². The molecule has 5 heteroatoms. The molecule has 0 aliphatic rings. The summed E-state index contributed by atoms with van der Waals surface area (Å²) in [5.41, 5.74) is 1.59. The Bertz CT molecular complexity index is 683. The number of anilines is 1. The van der Waals surface area contributed by atoms with Crippen LogP contribution in [0.25, 0.3) is 6.08 Å². The molecule has 0 aromatic heterocycles. The highest BCUT2D eigenvalue weighted by molar-refractivity contribution is 14.1. The van der Waals surface area contributed by atoms with Crippen molar-refractivity contribution in [2.24, 2.45) is 0 Å². The fourth-order valence-electron chi connectivity index (χ4n) is 1.66. The summed E-state index contributed by atoms with van der Waals surface area (Å²) in [6.45, 7) is -0.317. The van der Waals surface area contributed by atoms with Crippen molar-refractivity contribution in [3.05, 3.63) is 69.8 Å². The molecule has 2 aromatic carbocycles. The van der Waals surface area contributed by atoms with Gasteiger partial charge in [0, 0.05) is 9.65 Å². The standard InChI is InChI=1S/C17H14INO3/c18-14-8-4-5-9-15(14)19-16(20)12-22-17(21)11-10-13-6-2-1-3-7-13/h1-11H,12H2,(H,19,20)/b11-10+. The zero-order valence-corrected chi connectivity index (χ0v) is 13.8. The number of hydrogen-bond donors (Lipinski definition) is 1. The number of hydrogen-bond acceptors (Lipinski definition) is 3. The Labute approximate surface area is 142 Å². The van der Waals surface area contributed by atoms with Gasteiger partial charge in [-0.1, -0.05) is 42.5 Å². The maximum atomic E-state index is 11.7. The van der Waals surface area contributed by atoms with Crippen molar-refractivity contribution in [3.63, 3.8) is 0 Å². The van der Waals surface area contributed by atoms with Crippen LogP contribution in [0.2, 0.25) is 0 Å². The number of amides is 1.